The van der Waals surface area contributed by atoms with Crippen molar-refractivity contribution >= 4 is 22.6 Å². The summed E-state index contributed by atoms with van der Waals surface area (Å²) in [5.74, 6) is 1.12. The average Bonchev–Trinajstić information content (AvgIpc) is 2.87. The van der Waals surface area contributed by atoms with Gasteiger partial charge in [-0.1, -0.05) is 62.4 Å². The van der Waals surface area contributed by atoms with Crippen molar-refractivity contribution < 1.29 is 14.3 Å². The highest BCUT2D eigenvalue weighted by Gasteiger charge is 2.25. The van der Waals surface area contributed by atoms with E-state index < -0.39 is 0 Å². The number of ether oxygens (including phenoxy) is 1. The van der Waals surface area contributed by atoms with Crippen LogP contribution in [0.5, 0.6) is 5.75 Å². The van der Waals surface area contributed by atoms with E-state index in [9.17, 15) is 9.59 Å². The Labute approximate surface area is 201 Å². The van der Waals surface area contributed by atoms with Gasteiger partial charge in [-0.25, -0.2) is 0 Å². The van der Waals surface area contributed by atoms with Crippen LogP contribution in [0, 0.1) is 5.92 Å². The zero-order chi connectivity index (χ0) is 24.1. The summed E-state index contributed by atoms with van der Waals surface area (Å²) in [6.07, 6.45) is 0. The molecule has 1 heterocycles. The van der Waals surface area contributed by atoms with Crippen molar-refractivity contribution in [2.75, 3.05) is 39.8 Å². The van der Waals surface area contributed by atoms with Gasteiger partial charge in [0.1, 0.15) is 5.75 Å². The number of fused-ring (bicyclic) bond motifs is 1. The fraction of sp³-hybridized carbons (Fsp3) is 0.357. The van der Waals surface area contributed by atoms with Gasteiger partial charge in [0.25, 0.3) is 5.91 Å². The first kappa shape index (κ1) is 23.8. The van der Waals surface area contributed by atoms with Crippen LogP contribution in [-0.2, 0) is 4.79 Å². The van der Waals surface area contributed by atoms with E-state index in [1.54, 1.807) is 7.11 Å². The molecule has 1 aliphatic rings. The minimum atomic E-state index is -0.0624. The van der Waals surface area contributed by atoms with Crippen LogP contribution in [0.15, 0.2) is 66.7 Å². The Morgan fingerprint density at radius 1 is 0.912 bits per heavy atom. The summed E-state index contributed by atoms with van der Waals surface area (Å²) in [5.41, 5.74) is 1.80. The normalized spacial score (nSPS) is 15.4. The Morgan fingerprint density at radius 2 is 1.59 bits per heavy atom. The van der Waals surface area contributed by atoms with Crippen molar-refractivity contribution in [2.45, 2.75) is 19.9 Å². The molecule has 1 atom stereocenters. The maximum atomic E-state index is 13.2. The van der Waals surface area contributed by atoms with Gasteiger partial charge in [0.05, 0.1) is 19.7 Å². The molecule has 2 amide bonds. The topological polar surface area (TPSA) is 61.9 Å². The second-order valence-corrected chi connectivity index (χ2v) is 9.16. The van der Waals surface area contributed by atoms with Crippen molar-refractivity contribution in [3.8, 4) is 5.75 Å². The first-order chi connectivity index (χ1) is 16.5. The third-order valence-corrected chi connectivity index (χ3v) is 6.50. The lowest BCUT2D eigenvalue weighted by atomic mass is 9.96. The zero-order valence-corrected chi connectivity index (χ0v) is 20.2. The SMILES string of the molecule is COc1ccc(C(NC(=O)CN2CCN(C(=O)c3cccc4ccccc34)CC2)C(C)C)cc1. The molecule has 0 aromatic heterocycles. The minimum Gasteiger partial charge on any atom is -0.497 e. The van der Waals surface area contributed by atoms with E-state index in [0.29, 0.717) is 32.7 Å². The van der Waals surface area contributed by atoms with Gasteiger partial charge in [-0.2, -0.15) is 0 Å². The molecule has 3 aromatic rings. The number of methoxy groups -OCH3 is 1. The molecule has 0 spiro atoms. The summed E-state index contributed by atoms with van der Waals surface area (Å²) in [6.45, 7) is 7.12. The van der Waals surface area contributed by atoms with Gasteiger partial charge in [0.2, 0.25) is 5.91 Å². The van der Waals surface area contributed by atoms with Crippen LogP contribution in [-0.4, -0.2) is 61.4 Å². The Morgan fingerprint density at radius 3 is 2.26 bits per heavy atom. The van der Waals surface area contributed by atoms with Crippen LogP contribution in [0.1, 0.15) is 35.8 Å². The fourth-order valence-corrected chi connectivity index (χ4v) is 4.56. The number of rotatable bonds is 7. The van der Waals surface area contributed by atoms with Gasteiger partial charge < -0.3 is 15.0 Å². The first-order valence-electron chi connectivity index (χ1n) is 11.9. The van der Waals surface area contributed by atoms with E-state index in [2.05, 4.69) is 24.1 Å². The third kappa shape index (κ3) is 5.39. The maximum absolute atomic E-state index is 13.2. The molecule has 1 N–H and O–H groups in total. The first-order valence-corrected chi connectivity index (χ1v) is 11.9. The highest BCUT2D eigenvalue weighted by molar-refractivity contribution is 6.07. The second-order valence-electron chi connectivity index (χ2n) is 9.16. The Balaban J connectivity index is 1.33. The lowest BCUT2D eigenvalue weighted by Gasteiger charge is -2.35. The second kappa shape index (κ2) is 10.7. The highest BCUT2D eigenvalue weighted by Crippen LogP contribution is 2.24. The molecular formula is C28H33N3O3. The van der Waals surface area contributed by atoms with Crippen molar-refractivity contribution in [2.24, 2.45) is 5.92 Å². The van der Waals surface area contributed by atoms with E-state index in [-0.39, 0.29) is 23.8 Å². The van der Waals surface area contributed by atoms with Crippen LogP contribution < -0.4 is 10.1 Å². The molecule has 3 aromatic carbocycles. The molecule has 6 nitrogen and oxygen atoms in total. The predicted molar refractivity (Wildman–Crippen MR) is 135 cm³/mol. The van der Waals surface area contributed by atoms with Gasteiger partial charge in [-0.05, 0) is 40.5 Å². The van der Waals surface area contributed by atoms with E-state index in [1.165, 1.54) is 0 Å². The van der Waals surface area contributed by atoms with E-state index in [1.807, 2.05) is 71.6 Å². The standard InChI is InChI=1S/C28H33N3O3/c1-20(2)27(22-11-13-23(34-3)14-12-22)29-26(32)19-30-15-17-31(18-16-30)28(33)25-10-6-8-21-7-4-5-9-24(21)25/h4-14,20,27H,15-19H2,1-3H3,(H,29,32). The van der Waals surface area contributed by atoms with Gasteiger partial charge in [0.15, 0.2) is 0 Å². The number of amides is 2. The minimum absolute atomic E-state index is 0.00310. The van der Waals surface area contributed by atoms with E-state index in [4.69, 9.17) is 4.74 Å². The molecule has 6 heteroatoms. The molecule has 1 saturated heterocycles. The number of carbonyl (C=O) groups is 2. The Kier molecular flexibility index (Phi) is 7.48. The van der Waals surface area contributed by atoms with Crippen LogP contribution >= 0.6 is 0 Å². The Bertz CT molecular complexity index is 1130. The largest absolute Gasteiger partial charge is 0.497 e. The van der Waals surface area contributed by atoms with E-state index in [0.717, 1.165) is 27.6 Å². The number of carbonyl (C=O) groups excluding carboxylic acids is 2. The smallest absolute Gasteiger partial charge is 0.254 e. The average molecular weight is 460 g/mol. The zero-order valence-electron chi connectivity index (χ0n) is 20.2. The summed E-state index contributed by atoms with van der Waals surface area (Å²) in [4.78, 5) is 30.0. The number of piperazine rings is 1. The van der Waals surface area contributed by atoms with Crippen molar-refractivity contribution in [3.05, 3.63) is 77.9 Å². The number of benzene rings is 3. The molecule has 1 fully saturated rings. The van der Waals surface area contributed by atoms with Crippen LogP contribution in [0.2, 0.25) is 0 Å². The van der Waals surface area contributed by atoms with Gasteiger partial charge in [-0.15, -0.1) is 0 Å². The lowest BCUT2D eigenvalue weighted by molar-refractivity contribution is -0.123. The summed E-state index contributed by atoms with van der Waals surface area (Å²) in [6, 6.07) is 21.6. The quantitative estimate of drug-likeness (QED) is 0.577. The molecular weight excluding hydrogens is 426 g/mol. The summed E-state index contributed by atoms with van der Waals surface area (Å²) in [7, 11) is 1.64. The fourth-order valence-electron chi connectivity index (χ4n) is 4.56. The lowest BCUT2D eigenvalue weighted by Crippen LogP contribution is -2.51. The Hall–Kier alpha value is -3.38. The van der Waals surface area contributed by atoms with Crippen molar-refractivity contribution in [1.82, 2.24) is 15.1 Å². The van der Waals surface area contributed by atoms with Crippen LogP contribution in [0.25, 0.3) is 10.8 Å². The third-order valence-electron chi connectivity index (χ3n) is 6.50. The summed E-state index contributed by atoms with van der Waals surface area (Å²) in [5, 5.41) is 5.25. The number of hydrogen-bond donors (Lipinski definition) is 1. The number of hydrogen-bond acceptors (Lipinski definition) is 4. The molecule has 0 saturated carbocycles. The molecule has 1 aliphatic heterocycles. The molecule has 0 bridgehead atoms. The highest BCUT2D eigenvalue weighted by atomic mass is 16.5. The van der Waals surface area contributed by atoms with Crippen LogP contribution in [0.3, 0.4) is 0 Å². The van der Waals surface area contributed by atoms with Crippen molar-refractivity contribution in [1.29, 1.82) is 0 Å². The van der Waals surface area contributed by atoms with E-state index >= 15 is 0 Å². The van der Waals surface area contributed by atoms with Gasteiger partial charge in [-0.3, -0.25) is 14.5 Å². The molecule has 4 rings (SSSR count). The molecule has 1 unspecified atom stereocenters. The maximum Gasteiger partial charge on any atom is 0.254 e. The molecule has 0 radical (unpaired) electrons. The summed E-state index contributed by atoms with van der Waals surface area (Å²) < 4.78 is 5.24. The van der Waals surface area contributed by atoms with Gasteiger partial charge in [0, 0.05) is 31.7 Å². The predicted octanol–water partition coefficient (Wildman–Crippen LogP) is 4.12. The van der Waals surface area contributed by atoms with Crippen molar-refractivity contribution in [3.63, 3.8) is 0 Å². The summed E-state index contributed by atoms with van der Waals surface area (Å²) >= 11 is 0. The number of nitrogens with zero attached hydrogens (tertiary/aromatic N) is 2. The van der Waals surface area contributed by atoms with Gasteiger partial charge >= 0.3 is 0 Å². The number of nitrogens with one attached hydrogen (secondary N) is 1. The monoisotopic (exact) mass is 459 g/mol. The van der Waals surface area contributed by atoms with Crippen LogP contribution in [0.4, 0.5) is 0 Å². The molecule has 34 heavy (non-hydrogen) atoms. The molecule has 178 valence electrons. The molecule has 0 aliphatic carbocycles.